The SMILES string of the molecule is O=C(CCl)NC1CC(NC(=O)Cn2ccc(C(F)(F)F)n2)C12CCC2. The van der Waals surface area contributed by atoms with Crippen LogP contribution in [-0.4, -0.2) is 39.6 Å². The zero-order valence-electron chi connectivity index (χ0n) is 13.3. The molecule has 3 rings (SSSR count). The van der Waals surface area contributed by atoms with Gasteiger partial charge in [0.25, 0.3) is 0 Å². The standard InChI is InChI=1S/C15H18ClF3N4O2/c16-7-12(24)20-10-6-11(14(10)3-1-4-14)21-13(25)8-23-5-2-9(22-23)15(17,18)19/h2,5,10-11H,1,3-4,6-8H2,(H,20,24)(H,21,25). The van der Waals surface area contributed by atoms with E-state index in [0.29, 0.717) is 6.42 Å². The molecule has 138 valence electrons. The number of nitrogens with one attached hydrogen (secondary N) is 2. The Kier molecular flexibility index (Phi) is 4.70. The third-order valence-corrected chi connectivity index (χ3v) is 5.42. The van der Waals surface area contributed by atoms with Crippen molar-refractivity contribution in [2.45, 2.75) is 50.5 Å². The molecule has 1 aromatic rings. The quantitative estimate of drug-likeness (QED) is 0.765. The van der Waals surface area contributed by atoms with Gasteiger partial charge in [-0.3, -0.25) is 14.3 Å². The summed E-state index contributed by atoms with van der Waals surface area (Å²) in [7, 11) is 0. The molecular weight excluding hydrogens is 361 g/mol. The Morgan fingerprint density at radius 3 is 2.40 bits per heavy atom. The van der Waals surface area contributed by atoms with Crippen molar-refractivity contribution < 1.29 is 22.8 Å². The summed E-state index contributed by atoms with van der Waals surface area (Å²) in [6.45, 7) is -0.276. The lowest BCUT2D eigenvalue weighted by Gasteiger charge is -2.61. The van der Waals surface area contributed by atoms with Crippen LogP contribution in [0.25, 0.3) is 0 Å². The molecule has 2 N–H and O–H groups in total. The fraction of sp³-hybridized carbons (Fsp3) is 0.667. The van der Waals surface area contributed by atoms with Gasteiger partial charge in [-0.1, -0.05) is 6.42 Å². The van der Waals surface area contributed by atoms with Crippen molar-refractivity contribution in [2.24, 2.45) is 5.41 Å². The molecule has 2 amide bonds. The molecule has 2 aliphatic carbocycles. The molecule has 6 nitrogen and oxygen atoms in total. The second-order valence-corrected chi connectivity index (χ2v) is 6.86. The number of alkyl halides is 4. The molecule has 25 heavy (non-hydrogen) atoms. The van der Waals surface area contributed by atoms with E-state index in [4.69, 9.17) is 11.6 Å². The Morgan fingerprint density at radius 2 is 1.92 bits per heavy atom. The number of carbonyl (C=O) groups excluding carboxylic acids is 2. The van der Waals surface area contributed by atoms with Gasteiger partial charge < -0.3 is 10.6 Å². The van der Waals surface area contributed by atoms with Crippen molar-refractivity contribution in [3.63, 3.8) is 0 Å². The molecule has 2 saturated carbocycles. The van der Waals surface area contributed by atoms with E-state index in [-0.39, 0.29) is 35.8 Å². The van der Waals surface area contributed by atoms with Gasteiger partial charge in [-0.05, 0) is 25.3 Å². The summed E-state index contributed by atoms with van der Waals surface area (Å²) in [4.78, 5) is 23.6. The van der Waals surface area contributed by atoms with Gasteiger partial charge in [-0.15, -0.1) is 11.6 Å². The van der Waals surface area contributed by atoms with Crippen molar-refractivity contribution >= 4 is 23.4 Å². The van der Waals surface area contributed by atoms with Crippen molar-refractivity contribution in [3.8, 4) is 0 Å². The predicted octanol–water partition coefficient (Wildman–Crippen LogP) is 1.68. The first-order valence-electron chi connectivity index (χ1n) is 8.00. The molecule has 2 unspecified atom stereocenters. The summed E-state index contributed by atoms with van der Waals surface area (Å²) in [6, 6.07) is 0.730. The highest BCUT2D eigenvalue weighted by Crippen LogP contribution is 2.55. The van der Waals surface area contributed by atoms with Crippen LogP contribution in [-0.2, 0) is 22.3 Å². The molecule has 1 heterocycles. The van der Waals surface area contributed by atoms with Crippen LogP contribution in [0.5, 0.6) is 0 Å². The van der Waals surface area contributed by atoms with Crippen molar-refractivity contribution in [3.05, 3.63) is 18.0 Å². The molecule has 0 saturated heterocycles. The van der Waals surface area contributed by atoms with Crippen molar-refractivity contribution in [1.82, 2.24) is 20.4 Å². The molecule has 0 bridgehead atoms. The van der Waals surface area contributed by atoms with Crippen LogP contribution in [0.1, 0.15) is 31.4 Å². The Bertz CT molecular complexity index is 672. The van der Waals surface area contributed by atoms with Gasteiger partial charge in [-0.2, -0.15) is 18.3 Å². The van der Waals surface area contributed by atoms with Crippen LogP contribution in [0.3, 0.4) is 0 Å². The molecular formula is C15H18ClF3N4O2. The highest BCUT2D eigenvalue weighted by molar-refractivity contribution is 6.27. The van der Waals surface area contributed by atoms with Gasteiger partial charge in [0.1, 0.15) is 12.4 Å². The fourth-order valence-corrected chi connectivity index (χ4v) is 3.77. The molecule has 1 spiro atoms. The third-order valence-electron chi connectivity index (χ3n) is 5.17. The number of nitrogens with zero attached hydrogens (tertiary/aromatic N) is 2. The number of rotatable bonds is 5. The first-order valence-corrected chi connectivity index (χ1v) is 8.53. The van der Waals surface area contributed by atoms with Gasteiger partial charge in [-0.25, -0.2) is 0 Å². The molecule has 1 aromatic heterocycles. The average Bonchev–Trinajstić information content (AvgIpc) is 2.92. The average molecular weight is 379 g/mol. The molecule has 10 heteroatoms. The van der Waals surface area contributed by atoms with Crippen LogP contribution in [0.4, 0.5) is 13.2 Å². The van der Waals surface area contributed by atoms with E-state index < -0.39 is 17.8 Å². The monoisotopic (exact) mass is 378 g/mol. The zero-order chi connectivity index (χ0) is 18.2. The van der Waals surface area contributed by atoms with E-state index in [9.17, 15) is 22.8 Å². The number of carbonyl (C=O) groups is 2. The predicted molar refractivity (Wildman–Crippen MR) is 82.7 cm³/mol. The topological polar surface area (TPSA) is 76.0 Å². The molecule has 0 aliphatic heterocycles. The summed E-state index contributed by atoms with van der Waals surface area (Å²) in [5.41, 5.74) is -1.18. The van der Waals surface area contributed by atoms with E-state index in [1.54, 1.807) is 0 Å². The first-order chi connectivity index (χ1) is 11.7. The number of hydrogen-bond donors (Lipinski definition) is 2. The van der Waals surface area contributed by atoms with Crippen LogP contribution in [0.15, 0.2) is 12.3 Å². The van der Waals surface area contributed by atoms with Gasteiger partial charge in [0.2, 0.25) is 11.8 Å². The highest BCUT2D eigenvalue weighted by Gasteiger charge is 2.59. The Hall–Kier alpha value is -1.77. The van der Waals surface area contributed by atoms with Crippen molar-refractivity contribution in [2.75, 3.05) is 5.88 Å². The largest absolute Gasteiger partial charge is 0.435 e. The maximum atomic E-state index is 12.5. The molecule has 2 atom stereocenters. The normalized spacial score (nSPS) is 24.3. The van der Waals surface area contributed by atoms with Crippen LogP contribution >= 0.6 is 11.6 Å². The van der Waals surface area contributed by atoms with Crippen molar-refractivity contribution in [1.29, 1.82) is 0 Å². The fourth-order valence-electron chi connectivity index (χ4n) is 3.70. The lowest BCUT2D eigenvalue weighted by atomic mass is 9.50. The summed E-state index contributed by atoms with van der Waals surface area (Å²) >= 11 is 5.50. The second-order valence-electron chi connectivity index (χ2n) is 6.59. The summed E-state index contributed by atoms with van der Waals surface area (Å²) in [6.07, 6.45) is 0.0106. The first kappa shape index (κ1) is 18.0. The van der Waals surface area contributed by atoms with E-state index in [1.165, 1.54) is 0 Å². The number of amides is 2. The summed E-state index contributed by atoms with van der Waals surface area (Å²) in [5.74, 6) is -0.737. The highest BCUT2D eigenvalue weighted by atomic mass is 35.5. The molecule has 0 radical (unpaired) electrons. The van der Waals surface area contributed by atoms with Gasteiger partial charge in [0.15, 0.2) is 5.69 Å². The Balaban J connectivity index is 1.55. The third kappa shape index (κ3) is 3.47. The van der Waals surface area contributed by atoms with Gasteiger partial charge in [0, 0.05) is 23.7 Å². The molecule has 2 aliphatic rings. The van der Waals surface area contributed by atoms with Crippen LogP contribution in [0, 0.1) is 5.41 Å². The molecule has 0 aromatic carbocycles. The van der Waals surface area contributed by atoms with E-state index in [2.05, 4.69) is 15.7 Å². The molecule has 2 fully saturated rings. The smallest absolute Gasteiger partial charge is 0.352 e. The van der Waals surface area contributed by atoms with Crippen LogP contribution < -0.4 is 10.6 Å². The van der Waals surface area contributed by atoms with Gasteiger partial charge in [0.05, 0.1) is 0 Å². The lowest BCUT2D eigenvalue weighted by Crippen LogP contribution is -2.71. The Labute approximate surface area is 147 Å². The minimum atomic E-state index is -4.53. The minimum absolute atomic E-state index is 0.0145. The second kappa shape index (κ2) is 6.51. The number of hydrogen-bond acceptors (Lipinski definition) is 3. The van der Waals surface area contributed by atoms with E-state index in [1.807, 2.05) is 0 Å². The maximum absolute atomic E-state index is 12.5. The minimum Gasteiger partial charge on any atom is -0.352 e. The lowest BCUT2D eigenvalue weighted by molar-refractivity contribution is -0.142. The summed E-state index contributed by atoms with van der Waals surface area (Å²) in [5, 5.41) is 9.10. The maximum Gasteiger partial charge on any atom is 0.435 e. The van der Waals surface area contributed by atoms with E-state index in [0.717, 1.165) is 36.2 Å². The number of halogens is 4. The van der Waals surface area contributed by atoms with Crippen LogP contribution in [0.2, 0.25) is 0 Å². The summed E-state index contributed by atoms with van der Waals surface area (Å²) < 4.78 is 38.5. The van der Waals surface area contributed by atoms with Gasteiger partial charge >= 0.3 is 6.18 Å². The number of aromatic nitrogens is 2. The zero-order valence-corrected chi connectivity index (χ0v) is 14.0. The Morgan fingerprint density at radius 1 is 1.28 bits per heavy atom. The van der Waals surface area contributed by atoms with E-state index >= 15 is 0 Å².